The third-order valence-corrected chi connectivity index (χ3v) is 4.00. The molecule has 2 rings (SSSR count). The summed E-state index contributed by atoms with van der Waals surface area (Å²) >= 11 is 0. The van der Waals surface area contributed by atoms with Gasteiger partial charge >= 0.3 is 0 Å². The lowest BCUT2D eigenvalue weighted by Crippen LogP contribution is -2.48. The molecule has 1 atom stereocenters. The minimum absolute atomic E-state index is 0.0608. The Balaban J connectivity index is 1.85. The normalized spacial score (nSPS) is 19.0. The van der Waals surface area contributed by atoms with Gasteiger partial charge in [0.15, 0.2) is 0 Å². The van der Waals surface area contributed by atoms with E-state index in [1.807, 2.05) is 30.3 Å². The average Bonchev–Trinajstić information content (AvgIpc) is 2.48. The lowest BCUT2D eigenvalue weighted by atomic mass is 10.0. The first-order valence-electron chi connectivity index (χ1n) is 7.97. The van der Waals surface area contributed by atoms with Gasteiger partial charge in [-0.15, -0.1) is 0 Å². The van der Waals surface area contributed by atoms with Crippen LogP contribution in [-0.4, -0.2) is 42.5 Å². The number of amides is 1. The zero-order valence-electron chi connectivity index (χ0n) is 13.1. The molecule has 2 N–H and O–H groups in total. The zero-order chi connectivity index (χ0) is 15.1. The first-order valence-corrected chi connectivity index (χ1v) is 7.97. The maximum atomic E-state index is 12.2. The van der Waals surface area contributed by atoms with Gasteiger partial charge in [-0.3, -0.25) is 9.69 Å². The zero-order valence-corrected chi connectivity index (χ0v) is 13.1. The number of carbonyl (C=O) groups is 1. The minimum Gasteiger partial charge on any atom is -0.325 e. The minimum atomic E-state index is 0.0608. The molecule has 1 saturated heterocycles. The summed E-state index contributed by atoms with van der Waals surface area (Å²) < 4.78 is 0. The van der Waals surface area contributed by atoms with Crippen molar-refractivity contribution in [3.05, 3.63) is 30.3 Å². The first kappa shape index (κ1) is 16.0. The molecule has 1 fully saturated rings. The van der Waals surface area contributed by atoms with Crippen LogP contribution in [0.5, 0.6) is 0 Å². The molecule has 4 nitrogen and oxygen atoms in total. The Kier molecular flexibility index (Phi) is 6.21. The fraction of sp³-hybridized carbons (Fsp3) is 0.588. The van der Waals surface area contributed by atoms with Crippen LogP contribution in [0, 0.1) is 0 Å². The SMILES string of the molecule is CC(C)N(CC(=O)Nc1ccccc1)CC1CCCCN1. The summed E-state index contributed by atoms with van der Waals surface area (Å²) in [5.41, 5.74) is 0.863. The van der Waals surface area contributed by atoms with Crippen LogP contribution in [-0.2, 0) is 4.79 Å². The topological polar surface area (TPSA) is 44.4 Å². The van der Waals surface area contributed by atoms with Crippen LogP contribution < -0.4 is 10.6 Å². The standard InChI is InChI=1S/C17H27N3O/c1-14(2)20(12-16-10-6-7-11-18-16)13-17(21)19-15-8-4-3-5-9-15/h3-5,8-9,14,16,18H,6-7,10-13H2,1-2H3,(H,19,21). The Morgan fingerprint density at radius 2 is 2.10 bits per heavy atom. The number of benzene rings is 1. The van der Waals surface area contributed by atoms with Gasteiger partial charge in [-0.2, -0.15) is 0 Å². The largest absolute Gasteiger partial charge is 0.325 e. The van der Waals surface area contributed by atoms with Crippen LogP contribution in [0.25, 0.3) is 0 Å². The number of hydrogen-bond acceptors (Lipinski definition) is 3. The molecular formula is C17H27N3O. The van der Waals surface area contributed by atoms with Crippen LogP contribution in [0.15, 0.2) is 30.3 Å². The maximum absolute atomic E-state index is 12.2. The molecular weight excluding hydrogens is 262 g/mol. The average molecular weight is 289 g/mol. The van der Waals surface area contributed by atoms with Crippen molar-refractivity contribution in [1.29, 1.82) is 0 Å². The van der Waals surface area contributed by atoms with Gasteiger partial charge in [-0.1, -0.05) is 24.6 Å². The number of piperidine rings is 1. The van der Waals surface area contributed by atoms with Crippen LogP contribution in [0.3, 0.4) is 0 Å². The van der Waals surface area contributed by atoms with Crippen molar-refractivity contribution in [3.63, 3.8) is 0 Å². The summed E-state index contributed by atoms with van der Waals surface area (Å²) in [6.07, 6.45) is 3.77. The third-order valence-electron chi connectivity index (χ3n) is 4.00. The molecule has 0 saturated carbocycles. The predicted octanol–water partition coefficient (Wildman–Crippen LogP) is 2.48. The molecule has 1 heterocycles. The van der Waals surface area contributed by atoms with Gasteiger partial charge in [0.25, 0.3) is 0 Å². The molecule has 0 radical (unpaired) electrons. The van der Waals surface area contributed by atoms with Crippen LogP contribution in [0.2, 0.25) is 0 Å². The second-order valence-electron chi connectivity index (χ2n) is 6.08. The quantitative estimate of drug-likeness (QED) is 0.845. The van der Waals surface area contributed by atoms with Crippen molar-refractivity contribution in [3.8, 4) is 0 Å². The molecule has 1 unspecified atom stereocenters. The molecule has 0 bridgehead atoms. The lowest BCUT2D eigenvalue weighted by Gasteiger charge is -2.32. The second-order valence-corrected chi connectivity index (χ2v) is 6.08. The second kappa shape index (κ2) is 8.15. The van der Waals surface area contributed by atoms with E-state index in [0.717, 1.165) is 18.8 Å². The van der Waals surface area contributed by atoms with Crippen molar-refractivity contribution >= 4 is 11.6 Å². The van der Waals surface area contributed by atoms with Gasteiger partial charge in [-0.05, 0) is 45.4 Å². The van der Waals surface area contributed by atoms with E-state index in [9.17, 15) is 4.79 Å². The highest BCUT2D eigenvalue weighted by Crippen LogP contribution is 2.11. The molecule has 0 aromatic heterocycles. The fourth-order valence-corrected chi connectivity index (χ4v) is 2.73. The van der Waals surface area contributed by atoms with Crippen molar-refractivity contribution < 1.29 is 4.79 Å². The summed E-state index contributed by atoms with van der Waals surface area (Å²) in [4.78, 5) is 14.4. The van der Waals surface area contributed by atoms with Gasteiger partial charge in [0.05, 0.1) is 6.54 Å². The number of carbonyl (C=O) groups excluding carboxylic acids is 1. The summed E-state index contributed by atoms with van der Waals surface area (Å²) in [5, 5.41) is 6.52. The number of para-hydroxylation sites is 1. The van der Waals surface area contributed by atoms with Gasteiger partial charge in [0.2, 0.25) is 5.91 Å². The highest BCUT2D eigenvalue weighted by atomic mass is 16.2. The van der Waals surface area contributed by atoms with E-state index >= 15 is 0 Å². The Bertz CT molecular complexity index is 427. The summed E-state index contributed by atoms with van der Waals surface area (Å²) in [7, 11) is 0. The Morgan fingerprint density at radius 1 is 1.33 bits per heavy atom. The summed E-state index contributed by atoms with van der Waals surface area (Å²) in [6.45, 7) is 6.80. The van der Waals surface area contributed by atoms with E-state index in [-0.39, 0.29) is 5.91 Å². The highest BCUT2D eigenvalue weighted by Gasteiger charge is 2.20. The Hall–Kier alpha value is -1.39. The van der Waals surface area contributed by atoms with Crippen molar-refractivity contribution in [2.45, 2.75) is 45.2 Å². The van der Waals surface area contributed by atoms with Crippen molar-refractivity contribution in [1.82, 2.24) is 10.2 Å². The van der Waals surface area contributed by atoms with Gasteiger partial charge in [-0.25, -0.2) is 0 Å². The monoisotopic (exact) mass is 289 g/mol. The molecule has 1 aliphatic rings. The summed E-state index contributed by atoms with van der Waals surface area (Å²) in [5.74, 6) is 0.0608. The van der Waals surface area contributed by atoms with E-state index in [2.05, 4.69) is 29.4 Å². The Morgan fingerprint density at radius 3 is 2.71 bits per heavy atom. The van der Waals surface area contributed by atoms with E-state index in [0.29, 0.717) is 18.6 Å². The predicted molar refractivity (Wildman–Crippen MR) is 87.4 cm³/mol. The van der Waals surface area contributed by atoms with E-state index in [1.54, 1.807) is 0 Å². The highest BCUT2D eigenvalue weighted by molar-refractivity contribution is 5.92. The first-order chi connectivity index (χ1) is 10.1. The van der Waals surface area contributed by atoms with Gasteiger partial charge in [0, 0.05) is 24.3 Å². The van der Waals surface area contributed by atoms with Crippen LogP contribution in [0.4, 0.5) is 5.69 Å². The van der Waals surface area contributed by atoms with Gasteiger partial charge < -0.3 is 10.6 Å². The molecule has 1 aromatic carbocycles. The molecule has 4 heteroatoms. The van der Waals surface area contributed by atoms with Crippen molar-refractivity contribution in [2.75, 3.05) is 25.0 Å². The van der Waals surface area contributed by atoms with Crippen LogP contribution >= 0.6 is 0 Å². The van der Waals surface area contributed by atoms with E-state index in [4.69, 9.17) is 0 Å². The van der Waals surface area contributed by atoms with Crippen molar-refractivity contribution in [2.24, 2.45) is 0 Å². The molecule has 0 aliphatic carbocycles. The molecule has 1 amide bonds. The Labute approximate surface area is 127 Å². The number of rotatable bonds is 6. The number of hydrogen-bond donors (Lipinski definition) is 2. The van der Waals surface area contributed by atoms with Gasteiger partial charge in [0.1, 0.15) is 0 Å². The molecule has 116 valence electrons. The number of nitrogens with one attached hydrogen (secondary N) is 2. The van der Waals surface area contributed by atoms with Crippen LogP contribution in [0.1, 0.15) is 33.1 Å². The lowest BCUT2D eigenvalue weighted by molar-refractivity contribution is -0.117. The molecule has 21 heavy (non-hydrogen) atoms. The fourth-order valence-electron chi connectivity index (χ4n) is 2.73. The number of anilines is 1. The molecule has 1 aromatic rings. The van der Waals surface area contributed by atoms with E-state index in [1.165, 1.54) is 19.3 Å². The maximum Gasteiger partial charge on any atom is 0.238 e. The number of nitrogens with zero attached hydrogens (tertiary/aromatic N) is 1. The van der Waals surface area contributed by atoms with E-state index < -0.39 is 0 Å². The molecule has 0 spiro atoms. The molecule has 1 aliphatic heterocycles. The smallest absolute Gasteiger partial charge is 0.238 e. The third kappa shape index (κ3) is 5.48. The summed E-state index contributed by atoms with van der Waals surface area (Å²) in [6, 6.07) is 10.5.